The molecule has 1 N–H and O–H groups in total. The van der Waals surface area contributed by atoms with Crippen LogP contribution in [0, 0.1) is 6.92 Å². The average molecular weight is 427 g/mol. The Labute approximate surface area is 173 Å². The minimum absolute atomic E-state index is 0. The molecule has 29 heavy (non-hydrogen) atoms. The van der Waals surface area contributed by atoms with Crippen molar-refractivity contribution in [3.8, 4) is 11.3 Å². The minimum atomic E-state index is -4.37. The van der Waals surface area contributed by atoms with Gasteiger partial charge in [-0.3, -0.25) is 10.1 Å². The Kier molecular flexibility index (Phi) is 5.62. The lowest BCUT2D eigenvalue weighted by Gasteiger charge is -2.23. The summed E-state index contributed by atoms with van der Waals surface area (Å²) in [5.74, 6) is 0.680. The van der Waals surface area contributed by atoms with E-state index < -0.39 is 17.3 Å². The molecule has 2 atom stereocenters. The van der Waals surface area contributed by atoms with Crippen molar-refractivity contribution >= 4 is 18.3 Å². The average Bonchev–Trinajstić information content (AvgIpc) is 3.21. The van der Waals surface area contributed by atoms with Gasteiger partial charge in [0.2, 0.25) is 5.91 Å². The molecule has 1 aromatic carbocycles. The number of carbonyl (C=O) groups is 1. The van der Waals surface area contributed by atoms with Gasteiger partial charge >= 0.3 is 6.18 Å². The van der Waals surface area contributed by atoms with Crippen LogP contribution in [0.1, 0.15) is 42.4 Å². The lowest BCUT2D eigenvalue weighted by molar-refractivity contribution is -0.137. The van der Waals surface area contributed by atoms with Gasteiger partial charge in [-0.1, -0.05) is 12.1 Å². The number of carbonyl (C=O) groups excluding carboxylic acids is 1. The fourth-order valence-corrected chi connectivity index (χ4v) is 4.09. The van der Waals surface area contributed by atoms with Crippen molar-refractivity contribution in [3.63, 3.8) is 0 Å². The van der Waals surface area contributed by atoms with E-state index in [4.69, 9.17) is 0 Å². The summed E-state index contributed by atoms with van der Waals surface area (Å²) in [6, 6.07) is 6.57. The number of likely N-dealkylation sites (N-methyl/N-ethyl adjacent to an activating group) is 1. The second-order valence-corrected chi connectivity index (χ2v) is 7.62. The Morgan fingerprint density at radius 3 is 2.45 bits per heavy atom. The molecule has 3 heterocycles. The highest BCUT2D eigenvalue weighted by Crippen LogP contribution is 2.38. The topological polar surface area (TPSA) is 58.1 Å². The van der Waals surface area contributed by atoms with Gasteiger partial charge in [0, 0.05) is 24.8 Å². The standard InChI is InChI=1S/C20H21F3N4O.ClH/c1-12-11-16(13-3-5-14(6-4-13)20(21,22)23)25-17(24-12)15-7-8-19(26-15)9-10-27(2)18(19)28;/h3-6,11,15,26H,7-10H2,1-2H3;1H/t15-,19-;/m1./s1. The van der Waals surface area contributed by atoms with Crippen LogP contribution in [-0.2, 0) is 11.0 Å². The highest BCUT2D eigenvalue weighted by atomic mass is 35.5. The van der Waals surface area contributed by atoms with E-state index in [1.54, 1.807) is 18.0 Å². The molecule has 0 aliphatic carbocycles. The van der Waals surface area contributed by atoms with Crippen molar-refractivity contribution in [2.45, 2.75) is 43.9 Å². The van der Waals surface area contributed by atoms with Gasteiger partial charge < -0.3 is 4.90 Å². The molecule has 0 bridgehead atoms. The van der Waals surface area contributed by atoms with Crippen molar-refractivity contribution in [2.24, 2.45) is 0 Å². The van der Waals surface area contributed by atoms with Gasteiger partial charge in [0.05, 0.1) is 17.3 Å². The number of nitrogens with zero attached hydrogens (tertiary/aromatic N) is 3. The molecule has 2 aliphatic heterocycles. The number of nitrogens with one attached hydrogen (secondary N) is 1. The summed E-state index contributed by atoms with van der Waals surface area (Å²) in [7, 11) is 1.80. The minimum Gasteiger partial charge on any atom is -0.344 e. The van der Waals surface area contributed by atoms with Crippen LogP contribution in [0.25, 0.3) is 11.3 Å². The lowest BCUT2D eigenvalue weighted by Crippen LogP contribution is -2.47. The van der Waals surface area contributed by atoms with Crippen LogP contribution < -0.4 is 5.32 Å². The smallest absolute Gasteiger partial charge is 0.344 e. The molecular formula is C20H22ClF3N4O. The lowest BCUT2D eigenvalue weighted by atomic mass is 9.96. The number of aromatic nitrogens is 2. The third-order valence-corrected chi connectivity index (χ3v) is 5.63. The molecule has 1 aromatic heterocycles. The van der Waals surface area contributed by atoms with Gasteiger partial charge in [0.25, 0.3) is 0 Å². The maximum absolute atomic E-state index is 12.8. The van der Waals surface area contributed by atoms with Crippen molar-refractivity contribution < 1.29 is 18.0 Å². The zero-order valence-electron chi connectivity index (χ0n) is 16.1. The Morgan fingerprint density at radius 2 is 1.86 bits per heavy atom. The van der Waals surface area contributed by atoms with E-state index in [0.717, 1.165) is 43.6 Å². The largest absolute Gasteiger partial charge is 0.416 e. The number of benzene rings is 1. The summed E-state index contributed by atoms with van der Waals surface area (Å²) in [5.41, 5.74) is 0.683. The molecule has 2 aliphatic rings. The molecule has 0 unspecified atom stereocenters. The zero-order valence-corrected chi connectivity index (χ0v) is 16.9. The van der Waals surface area contributed by atoms with Crippen LogP contribution in [0.3, 0.4) is 0 Å². The van der Waals surface area contributed by atoms with Crippen molar-refractivity contribution in [1.29, 1.82) is 0 Å². The maximum atomic E-state index is 12.8. The molecule has 9 heteroatoms. The first kappa shape index (κ1) is 21.5. The van der Waals surface area contributed by atoms with Gasteiger partial charge in [0.1, 0.15) is 11.4 Å². The third kappa shape index (κ3) is 3.96. The van der Waals surface area contributed by atoms with E-state index in [1.165, 1.54) is 12.1 Å². The van der Waals surface area contributed by atoms with Crippen molar-refractivity contribution in [2.75, 3.05) is 13.6 Å². The van der Waals surface area contributed by atoms with Crippen LogP contribution in [0.2, 0.25) is 0 Å². The van der Waals surface area contributed by atoms with Crippen LogP contribution in [-0.4, -0.2) is 39.9 Å². The normalized spacial score (nSPS) is 24.2. The number of rotatable bonds is 2. The fraction of sp³-hybridized carbons (Fsp3) is 0.450. The maximum Gasteiger partial charge on any atom is 0.416 e. The first-order chi connectivity index (χ1) is 13.2. The Balaban J connectivity index is 0.00000240. The number of hydrogen-bond donors (Lipinski definition) is 1. The molecule has 5 nitrogen and oxygen atoms in total. The molecule has 2 fully saturated rings. The predicted octanol–water partition coefficient (Wildman–Crippen LogP) is 3.92. The Bertz CT molecular complexity index is 919. The summed E-state index contributed by atoms with van der Waals surface area (Å²) in [6.07, 6.45) is -2.13. The first-order valence-electron chi connectivity index (χ1n) is 9.24. The Hall–Kier alpha value is -2.19. The molecule has 2 saturated heterocycles. The van der Waals surface area contributed by atoms with Crippen molar-refractivity contribution in [3.05, 3.63) is 47.4 Å². The predicted molar refractivity (Wildman–Crippen MR) is 105 cm³/mol. The molecule has 4 rings (SSSR count). The van der Waals surface area contributed by atoms with Crippen LogP contribution in [0.15, 0.2) is 30.3 Å². The van der Waals surface area contributed by atoms with Crippen LogP contribution in [0.5, 0.6) is 0 Å². The van der Waals surface area contributed by atoms with Crippen LogP contribution in [0.4, 0.5) is 13.2 Å². The van der Waals surface area contributed by atoms with Gasteiger partial charge in [0.15, 0.2) is 0 Å². The number of likely N-dealkylation sites (tertiary alicyclic amines) is 1. The second kappa shape index (κ2) is 7.57. The quantitative estimate of drug-likeness (QED) is 0.790. The second-order valence-electron chi connectivity index (χ2n) is 7.62. The van der Waals surface area contributed by atoms with E-state index >= 15 is 0 Å². The van der Waals surface area contributed by atoms with Crippen molar-refractivity contribution in [1.82, 2.24) is 20.2 Å². The molecule has 1 spiro atoms. The number of alkyl halides is 3. The summed E-state index contributed by atoms with van der Waals surface area (Å²) >= 11 is 0. The van der Waals surface area contributed by atoms with E-state index in [2.05, 4.69) is 15.3 Å². The van der Waals surface area contributed by atoms with Gasteiger partial charge in [-0.25, -0.2) is 9.97 Å². The van der Waals surface area contributed by atoms with Gasteiger partial charge in [-0.15, -0.1) is 12.4 Å². The zero-order chi connectivity index (χ0) is 20.1. The summed E-state index contributed by atoms with van der Waals surface area (Å²) in [5, 5.41) is 3.43. The SMILES string of the molecule is Cc1cc(-c2ccc(C(F)(F)F)cc2)nc([C@H]2CC[C@]3(CCN(C)C3=O)N2)n1.Cl. The molecular weight excluding hydrogens is 405 g/mol. The number of halogens is 4. The molecule has 1 amide bonds. The van der Waals surface area contributed by atoms with Gasteiger partial charge in [-0.05, 0) is 44.4 Å². The van der Waals surface area contributed by atoms with E-state index in [1.807, 2.05) is 6.92 Å². The Morgan fingerprint density at radius 1 is 1.17 bits per heavy atom. The number of aryl methyl sites for hydroxylation is 1. The molecule has 156 valence electrons. The van der Waals surface area contributed by atoms with E-state index in [-0.39, 0.29) is 24.4 Å². The van der Waals surface area contributed by atoms with Crippen LogP contribution >= 0.6 is 12.4 Å². The monoisotopic (exact) mass is 426 g/mol. The summed E-state index contributed by atoms with van der Waals surface area (Å²) in [4.78, 5) is 23.4. The highest BCUT2D eigenvalue weighted by molar-refractivity contribution is 5.88. The van der Waals surface area contributed by atoms with E-state index in [9.17, 15) is 18.0 Å². The first-order valence-corrected chi connectivity index (χ1v) is 9.24. The fourth-order valence-electron chi connectivity index (χ4n) is 4.09. The third-order valence-electron chi connectivity index (χ3n) is 5.63. The summed E-state index contributed by atoms with van der Waals surface area (Å²) < 4.78 is 38.4. The summed E-state index contributed by atoms with van der Waals surface area (Å²) in [6.45, 7) is 2.56. The van der Waals surface area contributed by atoms with E-state index in [0.29, 0.717) is 17.1 Å². The van der Waals surface area contributed by atoms with Gasteiger partial charge in [-0.2, -0.15) is 13.2 Å². The number of hydrogen-bond acceptors (Lipinski definition) is 4. The molecule has 0 radical (unpaired) electrons. The molecule has 0 saturated carbocycles. The molecule has 2 aromatic rings. The number of amides is 1. The highest BCUT2D eigenvalue weighted by Gasteiger charge is 2.50.